The second-order valence-electron chi connectivity index (χ2n) is 7.25. The third-order valence-electron chi connectivity index (χ3n) is 5.20. The first-order chi connectivity index (χ1) is 15.4. The minimum absolute atomic E-state index is 0.493. The van der Waals surface area contributed by atoms with Gasteiger partial charge in [0, 0.05) is 37.1 Å². The van der Waals surface area contributed by atoms with Crippen LogP contribution in [0.15, 0.2) is 40.4 Å². The average molecular weight is 436 g/mol. The van der Waals surface area contributed by atoms with E-state index >= 15 is 0 Å². The second kappa shape index (κ2) is 9.95. The van der Waals surface area contributed by atoms with Gasteiger partial charge in [0.25, 0.3) is 0 Å². The molecule has 0 bridgehead atoms. The number of pyridine rings is 1. The fourth-order valence-electron chi connectivity index (χ4n) is 3.55. The molecule has 3 rings (SSSR count). The molecular formula is C23H29N7O2. The van der Waals surface area contributed by atoms with Gasteiger partial charge < -0.3 is 20.5 Å². The maximum absolute atomic E-state index is 5.84. The monoisotopic (exact) mass is 435 g/mol. The first kappa shape index (κ1) is 22.8. The third-order valence-corrected chi connectivity index (χ3v) is 5.20. The molecule has 0 fully saturated rings. The van der Waals surface area contributed by atoms with Crippen LogP contribution < -0.4 is 20.5 Å². The van der Waals surface area contributed by atoms with Crippen molar-refractivity contribution in [2.75, 3.05) is 27.0 Å². The van der Waals surface area contributed by atoms with Gasteiger partial charge in [0.05, 0.1) is 26.3 Å². The number of rotatable bonds is 8. The van der Waals surface area contributed by atoms with E-state index in [1.807, 2.05) is 44.3 Å². The number of aliphatic imine (C=N–C) groups is 2. The van der Waals surface area contributed by atoms with E-state index in [1.165, 1.54) is 0 Å². The van der Waals surface area contributed by atoms with Crippen molar-refractivity contribution in [2.24, 2.45) is 9.98 Å². The zero-order valence-electron chi connectivity index (χ0n) is 19.1. The van der Waals surface area contributed by atoms with E-state index < -0.39 is 0 Å². The molecule has 0 saturated heterocycles. The predicted octanol–water partition coefficient (Wildman–Crippen LogP) is 3.04. The Morgan fingerprint density at radius 3 is 2.62 bits per heavy atom. The zero-order chi connectivity index (χ0) is 23.3. The van der Waals surface area contributed by atoms with E-state index in [9.17, 15) is 0 Å². The summed E-state index contributed by atoms with van der Waals surface area (Å²) >= 11 is 0. The number of aryl methyl sites for hydroxylation is 2. The number of aromatic nitrogens is 3. The van der Waals surface area contributed by atoms with E-state index in [0.717, 1.165) is 39.4 Å². The van der Waals surface area contributed by atoms with Crippen molar-refractivity contribution >= 4 is 24.2 Å². The van der Waals surface area contributed by atoms with E-state index in [4.69, 9.17) is 15.2 Å². The van der Waals surface area contributed by atoms with E-state index in [2.05, 4.69) is 32.1 Å². The van der Waals surface area contributed by atoms with Crippen molar-refractivity contribution in [1.82, 2.24) is 20.1 Å². The maximum Gasteiger partial charge on any atom is 0.184 e. The molecule has 2 heterocycles. The summed E-state index contributed by atoms with van der Waals surface area (Å²) in [5.41, 5.74) is 10.6. The molecule has 2 aromatic heterocycles. The molecule has 0 unspecified atom stereocenters. The molecule has 0 radical (unpaired) electrons. The predicted molar refractivity (Wildman–Crippen MR) is 128 cm³/mol. The van der Waals surface area contributed by atoms with Crippen LogP contribution in [0.4, 0.5) is 11.6 Å². The SMILES string of the molecule is C=Nc1nn(Cc2ccc(OC)cc2OC)cc1/C(=N\C)NCc1c(C)cc(N)nc1C. The molecule has 0 aliphatic rings. The molecule has 0 spiro atoms. The molecule has 1 aromatic carbocycles. The van der Waals surface area contributed by atoms with Gasteiger partial charge in [-0.2, -0.15) is 5.10 Å². The fourth-order valence-corrected chi connectivity index (χ4v) is 3.55. The molecule has 3 aromatic rings. The Balaban J connectivity index is 1.84. The highest BCUT2D eigenvalue weighted by atomic mass is 16.5. The summed E-state index contributed by atoms with van der Waals surface area (Å²) in [7, 11) is 4.98. The molecule has 168 valence electrons. The van der Waals surface area contributed by atoms with Crippen molar-refractivity contribution < 1.29 is 9.47 Å². The summed E-state index contributed by atoms with van der Waals surface area (Å²) in [6, 6.07) is 7.55. The summed E-state index contributed by atoms with van der Waals surface area (Å²) in [6.45, 7) is 8.67. The first-order valence-corrected chi connectivity index (χ1v) is 10.1. The van der Waals surface area contributed by atoms with E-state index in [-0.39, 0.29) is 0 Å². The minimum Gasteiger partial charge on any atom is -0.497 e. The van der Waals surface area contributed by atoms with Crippen LogP contribution in [0.3, 0.4) is 0 Å². The Labute approximate surface area is 188 Å². The number of ether oxygens (including phenoxy) is 2. The van der Waals surface area contributed by atoms with E-state index in [1.54, 1.807) is 25.9 Å². The standard InChI is InChI=1S/C23H29N7O2/c1-14-9-21(24)28-15(2)18(14)11-27-22(25-3)19-13-30(29-23(19)26-4)12-16-7-8-17(31-5)10-20(16)32-6/h7-10,13H,4,11-12H2,1-3,5-6H3,(H2,24,28)(H,25,27). The van der Waals surface area contributed by atoms with Gasteiger partial charge in [-0.1, -0.05) is 0 Å². The molecular weight excluding hydrogens is 406 g/mol. The molecule has 9 heteroatoms. The molecule has 9 nitrogen and oxygen atoms in total. The number of methoxy groups -OCH3 is 2. The second-order valence-corrected chi connectivity index (χ2v) is 7.25. The van der Waals surface area contributed by atoms with Crippen LogP contribution in [-0.4, -0.2) is 48.6 Å². The lowest BCUT2D eigenvalue weighted by Gasteiger charge is -2.13. The van der Waals surface area contributed by atoms with Gasteiger partial charge in [-0.15, -0.1) is 0 Å². The van der Waals surface area contributed by atoms with Gasteiger partial charge in [-0.3, -0.25) is 9.67 Å². The fraction of sp³-hybridized carbons (Fsp3) is 0.304. The van der Waals surface area contributed by atoms with Crippen molar-refractivity contribution in [3.8, 4) is 11.5 Å². The molecule has 3 N–H and O–H groups in total. The topological polar surface area (TPSA) is 112 Å². The number of nitrogen functional groups attached to an aromatic ring is 1. The summed E-state index contributed by atoms with van der Waals surface area (Å²) in [5.74, 6) is 3.12. The number of hydrogen-bond acceptors (Lipinski definition) is 7. The molecule has 0 aliphatic heterocycles. The lowest BCUT2D eigenvalue weighted by molar-refractivity contribution is 0.389. The third kappa shape index (κ3) is 4.88. The van der Waals surface area contributed by atoms with Gasteiger partial charge in [-0.05, 0) is 49.9 Å². The molecule has 0 amide bonds. The Morgan fingerprint density at radius 2 is 2.00 bits per heavy atom. The van der Waals surface area contributed by atoms with Crippen molar-refractivity contribution in [1.29, 1.82) is 0 Å². The molecule has 32 heavy (non-hydrogen) atoms. The van der Waals surface area contributed by atoms with Crippen LogP contribution in [-0.2, 0) is 13.1 Å². The Bertz CT molecular complexity index is 1130. The molecule has 0 saturated carbocycles. The van der Waals surface area contributed by atoms with Crippen LogP contribution >= 0.6 is 0 Å². The smallest absolute Gasteiger partial charge is 0.184 e. The number of nitrogens with one attached hydrogen (secondary N) is 1. The summed E-state index contributed by atoms with van der Waals surface area (Å²) < 4.78 is 12.6. The maximum atomic E-state index is 5.84. The normalized spacial score (nSPS) is 11.3. The quantitative estimate of drug-likeness (QED) is 0.415. The van der Waals surface area contributed by atoms with Crippen LogP contribution in [0.1, 0.15) is 27.9 Å². The van der Waals surface area contributed by atoms with Crippen molar-refractivity contribution in [3.63, 3.8) is 0 Å². The van der Waals surface area contributed by atoms with Gasteiger partial charge in [0.2, 0.25) is 0 Å². The Kier molecular flexibility index (Phi) is 7.09. The van der Waals surface area contributed by atoms with Crippen LogP contribution in [0, 0.1) is 13.8 Å². The number of anilines is 1. The number of benzene rings is 1. The lowest BCUT2D eigenvalue weighted by atomic mass is 10.1. The number of amidine groups is 1. The number of nitrogens with zero attached hydrogens (tertiary/aromatic N) is 5. The van der Waals surface area contributed by atoms with Crippen LogP contribution in [0.25, 0.3) is 0 Å². The van der Waals surface area contributed by atoms with Gasteiger partial charge >= 0.3 is 0 Å². The number of hydrogen-bond donors (Lipinski definition) is 2. The average Bonchev–Trinajstić information content (AvgIpc) is 3.18. The minimum atomic E-state index is 0.493. The van der Waals surface area contributed by atoms with Crippen LogP contribution in [0.5, 0.6) is 11.5 Å². The largest absolute Gasteiger partial charge is 0.497 e. The highest BCUT2D eigenvalue weighted by Gasteiger charge is 2.16. The summed E-state index contributed by atoms with van der Waals surface area (Å²) in [5, 5.41) is 7.94. The van der Waals surface area contributed by atoms with Gasteiger partial charge in [0.15, 0.2) is 5.82 Å². The highest BCUT2D eigenvalue weighted by molar-refractivity contribution is 6.02. The van der Waals surface area contributed by atoms with Crippen LogP contribution in [0.2, 0.25) is 0 Å². The summed E-state index contributed by atoms with van der Waals surface area (Å²) in [6.07, 6.45) is 1.89. The Hall–Kier alpha value is -3.88. The van der Waals surface area contributed by atoms with Crippen molar-refractivity contribution in [3.05, 3.63) is 58.4 Å². The highest BCUT2D eigenvalue weighted by Crippen LogP contribution is 2.26. The molecule has 0 atom stereocenters. The van der Waals surface area contributed by atoms with Gasteiger partial charge in [0.1, 0.15) is 23.2 Å². The molecule has 0 aliphatic carbocycles. The van der Waals surface area contributed by atoms with E-state index in [0.29, 0.717) is 30.6 Å². The Morgan fingerprint density at radius 1 is 1.22 bits per heavy atom. The van der Waals surface area contributed by atoms with Crippen molar-refractivity contribution in [2.45, 2.75) is 26.9 Å². The zero-order valence-corrected chi connectivity index (χ0v) is 19.1. The summed E-state index contributed by atoms with van der Waals surface area (Å²) in [4.78, 5) is 12.9. The van der Waals surface area contributed by atoms with Gasteiger partial charge in [-0.25, -0.2) is 9.98 Å². The lowest BCUT2D eigenvalue weighted by Crippen LogP contribution is -2.25. The first-order valence-electron chi connectivity index (χ1n) is 10.1. The number of nitrogens with two attached hydrogens (primary N) is 1.